The molecule has 4 heavy (non-hydrogen) atoms. The van der Waals surface area contributed by atoms with E-state index in [0.717, 1.165) is 0 Å². The summed E-state index contributed by atoms with van der Waals surface area (Å²) in [4.78, 5) is 0. The van der Waals surface area contributed by atoms with Crippen LogP contribution in [0.25, 0.3) is 0 Å². The molecule has 0 aliphatic heterocycles. The maximum atomic E-state index is 0. The Morgan fingerprint density at radius 1 is 1.00 bits per heavy atom. The normalized spacial score (nSPS) is 0. The fraction of sp³-hybridized carbons (Fsp3) is 0. The quantitative estimate of drug-likeness (QED) is 0.468. The molecule has 0 fully saturated rings. The molecule has 0 saturated heterocycles. The van der Waals surface area contributed by atoms with Gasteiger partial charge in [0.2, 0.25) is 0 Å². The number of rotatable bonds is 0. The van der Waals surface area contributed by atoms with Crippen LogP contribution in [-0.2, 0) is 53.9 Å². The van der Waals surface area contributed by atoms with Crippen molar-refractivity contribution in [2.45, 2.75) is 0 Å². The largest absolute Gasteiger partial charge is 0 e. The molecule has 0 aromatic rings. The fourth-order valence-electron chi connectivity index (χ4n) is 0. The average Bonchev–Trinajstić information content (AvgIpc) is 0. The number of hydrogen-bond acceptors (Lipinski definition) is 0. The van der Waals surface area contributed by atoms with E-state index >= 15 is 0 Å². The first-order valence-electron chi connectivity index (χ1n) is 0. The van der Waals surface area contributed by atoms with Crippen molar-refractivity contribution in [1.82, 2.24) is 0 Å². The van der Waals surface area contributed by atoms with Gasteiger partial charge < -0.3 is 0 Å². The van der Waals surface area contributed by atoms with Crippen LogP contribution >= 0.6 is 0 Å². The van der Waals surface area contributed by atoms with E-state index in [-0.39, 0.29) is 105 Å². The van der Waals surface area contributed by atoms with E-state index in [1.54, 1.807) is 0 Å². The molecular weight excluding hydrogens is 211 g/mol. The minimum Gasteiger partial charge on any atom is 0 e. The van der Waals surface area contributed by atoms with E-state index < -0.39 is 0 Å². The minimum absolute atomic E-state index is 0. The first kappa shape index (κ1) is 26.6. The molecule has 0 aromatic carbocycles. The van der Waals surface area contributed by atoms with Gasteiger partial charge in [0.1, 0.15) is 0 Å². The van der Waals surface area contributed by atoms with Crippen LogP contribution in [0.5, 0.6) is 0 Å². The van der Waals surface area contributed by atoms with Crippen LogP contribution in [0.2, 0.25) is 0 Å². The molecule has 1 radical (unpaired) electrons. The van der Waals surface area contributed by atoms with Gasteiger partial charge in [-0.25, -0.2) is 0 Å². The molecule has 0 N–H and O–H groups in total. The topological polar surface area (TPSA) is 0 Å². The third-order valence-electron chi connectivity index (χ3n) is 0. The smallest absolute Gasteiger partial charge is 0 e. The zero-order valence-electron chi connectivity index (χ0n) is 1.49. The van der Waals surface area contributed by atoms with Crippen LogP contribution in [0.3, 0.4) is 0 Å². The van der Waals surface area contributed by atoms with E-state index in [4.69, 9.17) is 0 Å². The first-order valence-corrected chi connectivity index (χ1v) is 0. The molecule has 0 heterocycles. The Labute approximate surface area is 103 Å². The summed E-state index contributed by atoms with van der Waals surface area (Å²) in [6.07, 6.45) is 0. The Kier molecular flexibility index (Phi) is 108. The molecule has 0 aliphatic rings. The monoisotopic (exact) mass is 211 g/mol. The second kappa shape index (κ2) is 16.2. The Bertz CT molecular complexity index is 8.00. The summed E-state index contributed by atoms with van der Waals surface area (Å²) >= 11 is 0. The Morgan fingerprint density at radius 2 is 1.00 bits per heavy atom. The Hall–Kier alpha value is 3.31. The first-order chi connectivity index (χ1) is 0. The van der Waals surface area contributed by atoms with E-state index in [2.05, 4.69) is 0 Å². The zero-order valence-corrected chi connectivity index (χ0v) is 6.92. The van der Waals surface area contributed by atoms with Crippen molar-refractivity contribution in [1.29, 1.82) is 0 Å². The second-order valence-corrected chi connectivity index (χ2v) is 0. The summed E-state index contributed by atoms with van der Waals surface area (Å²) < 4.78 is 0. The maximum Gasteiger partial charge on any atom is 0 e. The van der Waals surface area contributed by atoms with Crippen molar-refractivity contribution in [3.05, 3.63) is 0 Å². The standard InChI is InChI=1S/Cr.K.Mn.Zn.H. The molecule has 0 nitrogen and oxygen atoms in total. The van der Waals surface area contributed by atoms with E-state index in [9.17, 15) is 0 Å². The Balaban J connectivity index is 0. The predicted octanol–water partition coefficient (Wildman–Crippen LogP) is -0.656. The molecule has 0 atom stereocenters. The van der Waals surface area contributed by atoms with Gasteiger partial charge in [-0.2, -0.15) is 0 Å². The third kappa shape index (κ3) is 9.00. The van der Waals surface area contributed by atoms with Gasteiger partial charge in [-0.05, 0) is 0 Å². The van der Waals surface area contributed by atoms with Crippen LogP contribution < -0.4 is 0 Å². The van der Waals surface area contributed by atoms with E-state index in [1.807, 2.05) is 0 Å². The minimum atomic E-state index is 0. The van der Waals surface area contributed by atoms with Crippen molar-refractivity contribution in [3.8, 4) is 0 Å². The fourth-order valence-corrected chi connectivity index (χ4v) is 0. The summed E-state index contributed by atoms with van der Waals surface area (Å²) in [7, 11) is 0. The summed E-state index contributed by atoms with van der Waals surface area (Å²) in [5.74, 6) is 0. The maximum absolute atomic E-state index is 0. The molecule has 0 unspecified atom stereocenters. The summed E-state index contributed by atoms with van der Waals surface area (Å²) in [6, 6.07) is 0. The van der Waals surface area contributed by atoms with Crippen LogP contribution in [0.1, 0.15) is 0 Å². The Morgan fingerprint density at radius 3 is 1.00 bits per heavy atom. The van der Waals surface area contributed by atoms with Gasteiger partial charge in [-0.1, -0.05) is 0 Å². The summed E-state index contributed by atoms with van der Waals surface area (Å²) in [5, 5.41) is 0. The average molecular weight is 212 g/mol. The van der Waals surface area contributed by atoms with Crippen molar-refractivity contribution in [2.75, 3.05) is 0 Å². The molecule has 0 rings (SSSR count). The summed E-state index contributed by atoms with van der Waals surface area (Å²) in [5.41, 5.74) is 0. The van der Waals surface area contributed by atoms with Gasteiger partial charge >= 0.3 is 51.4 Å². The van der Waals surface area contributed by atoms with Gasteiger partial charge in [-0.15, -0.1) is 0 Å². The van der Waals surface area contributed by atoms with Crippen molar-refractivity contribution >= 4 is 51.4 Å². The van der Waals surface area contributed by atoms with E-state index in [0.29, 0.717) is 0 Å². The van der Waals surface area contributed by atoms with Crippen molar-refractivity contribution in [2.24, 2.45) is 0 Å². The van der Waals surface area contributed by atoms with Gasteiger partial charge in [0.05, 0.1) is 0 Å². The van der Waals surface area contributed by atoms with Gasteiger partial charge in [0, 0.05) is 53.9 Å². The van der Waals surface area contributed by atoms with Crippen LogP contribution in [0.4, 0.5) is 0 Å². The molecular formula is HCrKMnZn. The van der Waals surface area contributed by atoms with Crippen LogP contribution in [0, 0.1) is 0 Å². The van der Waals surface area contributed by atoms with Gasteiger partial charge in [0.15, 0.2) is 0 Å². The SMILES string of the molecule is [Cr].[KH].[Mn].[Zn]. The van der Waals surface area contributed by atoms with Gasteiger partial charge in [0.25, 0.3) is 0 Å². The molecule has 0 aromatic heterocycles. The van der Waals surface area contributed by atoms with Crippen LogP contribution in [-0.4, -0.2) is 51.4 Å². The van der Waals surface area contributed by atoms with E-state index in [1.165, 1.54) is 0 Å². The molecule has 4 heteroatoms. The zero-order chi connectivity index (χ0) is 0. The third-order valence-corrected chi connectivity index (χ3v) is 0. The molecule has 0 bridgehead atoms. The molecule has 17 valence electrons. The molecule has 0 amide bonds. The molecule has 0 saturated carbocycles. The van der Waals surface area contributed by atoms with Crippen molar-refractivity contribution in [3.63, 3.8) is 0 Å². The molecule has 0 aliphatic carbocycles. The summed E-state index contributed by atoms with van der Waals surface area (Å²) in [6.45, 7) is 0. The van der Waals surface area contributed by atoms with Crippen molar-refractivity contribution < 1.29 is 53.9 Å². The number of hydrogen-bond donors (Lipinski definition) is 0. The molecule has 0 spiro atoms. The van der Waals surface area contributed by atoms with Gasteiger partial charge in [-0.3, -0.25) is 0 Å². The van der Waals surface area contributed by atoms with Crippen LogP contribution in [0.15, 0.2) is 0 Å². The predicted molar refractivity (Wildman–Crippen MR) is 7.15 cm³/mol. The second-order valence-electron chi connectivity index (χ2n) is 0.